The van der Waals surface area contributed by atoms with Crippen LogP contribution in [0.1, 0.15) is 34.3 Å². The predicted octanol–water partition coefficient (Wildman–Crippen LogP) is 3.78. The number of amides is 1. The standard InChI is InChI=1S/C22H24N4O/c27-22(20-5-3-4-19(14-20)16-26-13-10-23-17-26)24-21-8-6-18(7-9-21)15-25-11-1-2-12-25/h3-10,13-14,17H,1-2,11-12,15-16H2,(H,24,27). The number of hydrogen-bond donors (Lipinski definition) is 1. The van der Waals surface area contributed by atoms with Gasteiger partial charge in [0, 0.05) is 36.7 Å². The third kappa shape index (κ3) is 4.63. The van der Waals surface area contributed by atoms with Crippen molar-refractivity contribution in [2.75, 3.05) is 18.4 Å². The van der Waals surface area contributed by atoms with E-state index in [1.54, 1.807) is 12.5 Å². The molecule has 2 heterocycles. The van der Waals surface area contributed by atoms with E-state index in [1.165, 1.54) is 31.5 Å². The van der Waals surface area contributed by atoms with Gasteiger partial charge in [0.15, 0.2) is 0 Å². The lowest BCUT2D eigenvalue weighted by Gasteiger charge is -2.15. The van der Waals surface area contributed by atoms with E-state index >= 15 is 0 Å². The summed E-state index contributed by atoms with van der Waals surface area (Å²) in [5, 5.41) is 2.99. The zero-order valence-corrected chi connectivity index (χ0v) is 15.3. The van der Waals surface area contributed by atoms with Crippen molar-refractivity contribution < 1.29 is 4.79 Å². The van der Waals surface area contributed by atoms with Crippen LogP contribution in [0.2, 0.25) is 0 Å². The molecule has 0 atom stereocenters. The minimum Gasteiger partial charge on any atom is -0.333 e. The number of anilines is 1. The van der Waals surface area contributed by atoms with Gasteiger partial charge in [0.2, 0.25) is 0 Å². The van der Waals surface area contributed by atoms with Gasteiger partial charge in [-0.05, 0) is 61.3 Å². The Kier molecular flexibility index (Phi) is 5.30. The van der Waals surface area contributed by atoms with Gasteiger partial charge < -0.3 is 9.88 Å². The van der Waals surface area contributed by atoms with E-state index in [4.69, 9.17) is 0 Å². The molecule has 4 rings (SSSR count). The Morgan fingerprint density at radius 1 is 1.00 bits per heavy atom. The van der Waals surface area contributed by atoms with Crippen LogP contribution >= 0.6 is 0 Å². The average Bonchev–Trinajstić information content (AvgIpc) is 3.38. The van der Waals surface area contributed by atoms with Crippen LogP contribution in [0.25, 0.3) is 0 Å². The Bertz CT molecular complexity index is 881. The molecule has 1 amide bonds. The number of nitrogens with zero attached hydrogens (tertiary/aromatic N) is 3. The van der Waals surface area contributed by atoms with Crippen LogP contribution in [0.3, 0.4) is 0 Å². The highest BCUT2D eigenvalue weighted by molar-refractivity contribution is 6.04. The number of hydrogen-bond acceptors (Lipinski definition) is 3. The summed E-state index contributed by atoms with van der Waals surface area (Å²) in [6.07, 6.45) is 8.04. The fourth-order valence-corrected chi connectivity index (χ4v) is 3.50. The molecule has 1 N–H and O–H groups in total. The van der Waals surface area contributed by atoms with Crippen molar-refractivity contribution in [3.05, 3.63) is 83.9 Å². The number of carbonyl (C=O) groups excluding carboxylic acids is 1. The maximum atomic E-state index is 12.6. The summed E-state index contributed by atoms with van der Waals surface area (Å²) < 4.78 is 1.98. The molecule has 2 aromatic carbocycles. The SMILES string of the molecule is O=C(Nc1ccc(CN2CCCC2)cc1)c1cccc(Cn2ccnc2)c1. The van der Waals surface area contributed by atoms with Crippen LogP contribution < -0.4 is 5.32 Å². The van der Waals surface area contributed by atoms with Gasteiger partial charge >= 0.3 is 0 Å². The Morgan fingerprint density at radius 2 is 1.81 bits per heavy atom. The summed E-state index contributed by atoms with van der Waals surface area (Å²) in [5.41, 5.74) is 3.85. The largest absolute Gasteiger partial charge is 0.333 e. The number of nitrogens with one attached hydrogen (secondary N) is 1. The van der Waals surface area contributed by atoms with E-state index in [2.05, 4.69) is 27.3 Å². The topological polar surface area (TPSA) is 50.2 Å². The Morgan fingerprint density at radius 3 is 2.56 bits per heavy atom. The molecule has 0 spiro atoms. The molecule has 1 saturated heterocycles. The van der Waals surface area contributed by atoms with E-state index in [-0.39, 0.29) is 5.91 Å². The molecule has 0 aliphatic carbocycles. The Balaban J connectivity index is 1.38. The molecule has 1 fully saturated rings. The van der Waals surface area contributed by atoms with Crippen molar-refractivity contribution >= 4 is 11.6 Å². The number of aromatic nitrogens is 2. The Labute approximate surface area is 159 Å². The van der Waals surface area contributed by atoms with Gasteiger partial charge in [-0.15, -0.1) is 0 Å². The van der Waals surface area contributed by atoms with E-state index in [1.807, 2.05) is 47.2 Å². The third-order valence-corrected chi connectivity index (χ3v) is 4.93. The molecule has 138 valence electrons. The average molecular weight is 360 g/mol. The zero-order chi connectivity index (χ0) is 18.5. The van der Waals surface area contributed by atoms with Crippen molar-refractivity contribution in [1.29, 1.82) is 0 Å². The summed E-state index contributed by atoms with van der Waals surface area (Å²) in [6.45, 7) is 4.07. The smallest absolute Gasteiger partial charge is 0.255 e. The second-order valence-corrected chi connectivity index (χ2v) is 7.07. The quantitative estimate of drug-likeness (QED) is 0.728. The molecular formula is C22H24N4O. The molecule has 0 radical (unpaired) electrons. The van der Waals surface area contributed by atoms with Crippen molar-refractivity contribution in [2.45, 2.75) is 25.9 Å². The second-order valence-electron chi connectivity index (χ2n) is 7.07. The van der Waals surface area contributed by atoms with Crippen LogP contribution in [0, 0.1) is 0 Å². The summed E-state index contributed by atoms with van der Waals surface area (Å²) >= 11 is 0. The fourth-order valence-electron chi connectivity index (χ4n) is 3.50. The van der Waals surface area contributed by atoms with Crippen molar-refractivity contribution in [3.8, 4) is 0 Å². The van der Waals surface area contributed by atoms with E-state index in [0.29, 0.717) is 12.1 Å². The van der Waals surface area contributed by atoms with Gasteiger partial charge in [0.25, 0.3) is 5.91 Å². The molecule has 0 bridgehead atoms. The molecule has 3 aromatic rings. The molecule has 0 saturated carbocycles. The molecule has 5 nitrogen and oxygen atoms in total. The van der Waals surface area contributed by atoms with Gasteiger partial charge in [0.05, 0.1) is 6.33 Å². The first kappa shape index (κ1) is 17.5. The summed E-state index contributed by atoms with van der Waals surface area (Å²) in [4.78, 5) is 19.1. The van der Waals surface area contributed by atoms with Crippen molar-refractivity contribution in [1.82, 2.24) is 14.5 Å². The first-order chi connectivity index (χ1) is 13.3. The maximum absolute atomic E-state index is 12.6. The number of imidazole rings is 1. The normalized spacial score (nSPS) is 14.4. The number of benzene rings is 2. The summed E-state index contributed by atoms with van der Waals surface area (Å²) in [5.74, 6) is -0.0882. The lowest BCUT2D eigenvalue weighted by Crippen LogP contribution is -2.18. The minimum absolute atomic E-state index is 0.0882. The lowest BCUT2D eigenvalue weighted by atomic mass is 10.1. The highest BCUT2D eigenvalue weighted by Gasteiger charge is 2.12. The summed E-state index contributed by atoms with van der Waals surface area (Å²) in [6, 6.07) is 15.9. The van der Waals surface area contributed by atoms with Crippen LogP contribution in [0.15, 0.2) is 67.3 Å². The third-order valence-electron chi connectivity index (χ3n) is 4.93. The molecule has 0 unspecified atom stereocenters. The first-order valence-corrected chi connectivity index (χ1v) is 9.44. The Hall–Kier alpha value is -2.92. The molecule has 5 heteroatoms. The summed E-state index contributed by atoms with van der Waals surface area (Å²) in [7, 11) is 0. The van der Waals surface area contributed by atoms with Gasteiger partial charge in [-0.25, -0.2) is 4.98 Å². The van der Waals surface area contributed by atoms with Crippen LogP contribution in [0.5, 0.6) is 0 Å². The van der Waals surface area contributed by atoms with Crippen LogP contribution in [-0.2, 0) is 13.1 Å². The van der Waals surface area contributed by atoms with E-state index in [9.17, 15) is 4.79 Å². The highest BCUT2D eigenvalue weighted by atomic mass is 16.1. The molecule has 1 aliphatic rings. The minimum atomic E-state index is -0.0882. The number of rotatable bonds is 6. The zero-order valence-electron chi connectivity index (χ0n) is 15.3. The van der Waals surface area contributed by atoms with E-state index in [0.717, 1.165) is 17.8 Å². The van der Waals surface area contributed by atoms with Gasteiger partial charge in [-0.1, -0.05) is 24.3 Å². The van der Waals surface area contributed by atoms with Crippen LogP contribution in [-0.4, -0.2) is 33.4 Å². The second kappa shape index (κ2) is 8.18. The number of likely N-dealkylation sites (tertiary alicyclic amines) is 1. The molecular weight excluding hydrogens is 336 g/mol. The van der Waals surface area contributed by atoms with Gasteiger partial charge in [-0.3, -0.25) is 9.69 Å². The monoisotopic (exact) mass is 360 g/mol. The maximum Gasteiger partial charge on any atom is 0.255 e. The van der Waals surface area contributed by atoms with Gasteiger partial charge in [0.1, 0.15) is 0 Å². The van der Waals surface area contributed by atoms with Crippen LogP contribution in [0.4, 0.5) is 5.69 Å². The lowest BCUT2D eigenvalue weighted by molar-refractivity contribution is 0.102. The number of carbonyl (C=O) groups is 1. The molecule has 27 heavy (non-hydrogen) atoms. The fraction of sp³-hybridized carbons (Fsp3) is 0.273. The predicted molar refractivity (Wildman–Crippen MR) is 107 cm³/mol. The van der Waals surface area contributed by atoms with Gasteiger partial charge in [-0.2, -0.15) is 0 Å². The highest BCUT2D eigenvalue weighted by Crippen LogP contribution is 2.16. The first-order valence-electron chi connectivity index (χ1n) is 9.44. The van der Waals surface area contributed by atoms with Crippen molar-refractivity contribution in [3.63, 3.8) is 0 Å². The van der Waals surface area contributed by atoms with E-state index < -0.39 is 0 Å². The van der Waals surface area contributed by atoms with Crippen molar-refractivity contribution in [2.24, 2.45) is 0 Å². The molecule has 1 aromatic heterocycles. The molecule has 1 aliphatic heterocycles.